The maximum absolute atomic E-state index is 11.0. The average molecular weight is 285 g/mol. The molecule has 0 spiro atoms. The fraction of sp³-hybridized carbons (Fsp3) is 0.214. The number of para-hydroxylation sites is 2. The first-order chi connectivity index (χ1) is 10.1. The second-order valence-corrected chi connectivity index (χ2v) is 4.93. The number of pyridine rings is 1. The summed E-state index contributed by atoms with van der Waals surface area (Å²) >= 11 is 0. The first kappa shape index (κ1) is 13.2. The van der Waals surface area contributed by atoms with Gasteiger partial charge in [-0.05, 0) is 12.1 Å². The number of hydrogen-bond acceptors (Lipinski definition) is 6. The number of benzene rings is 1. The van der Waals surface area contributed by atoms with Gasteiger partial charge in [0.25, 0.3) is 5.69 Å². The van der Waals surface area contributed by atoms with Crippen LogP contribution in [0.15, 0.2) is 36.4 Å². The van der Waals surface area contributed by atoms with Gasteiger partial charge in [0.15, 0.2) is 0 Å². The van der Waals surface area contributed by atoms with Crippen LogP contribution in [0.25, 0.3) is 0 Å². The Labute approximate surface area is 121 Å². The Morgan fingerprint density at radius 2 is 1.95 bits per heavy atom. The van der Waals surface area contributed by atoms with E-state index in [-0.39, 0.29) is 11.5 Å². The van der Waals surface area contributed by atoms with Crippen molar-refractivity contribution in [3.8, 4) is 0 Å². The van der Waals surface area contributed by atoms with Gasteiger partial charge in [0.05, 0.1) is 28.4 Å². The van der Waals surface area contributed by atoms with Crippen molar-refractivity contribution in [3.05, 3.63) is 46.5 Å². The Morgan fingerprint density at radius 3 is 2.67 bits per heavy atom. The molecule has 0 radical (unpaired) electrons. The Hall–Kier alpha value is -2.83. The van der Waals surface area contributed by atoms with Crippen LogP contribution in [0.2, 0.25) is 0 Å². The molecule has 1 aliphatic rings. The summed E-state index contributed by atoms with van der Waals surface area (Å²) in [6.45, 7) is 1.50. The molecule has 0 aliphatic carbocycles. The maximum Gasteiger partial charge on any atom is 0.276 e. The van der Waals surface area contributed by atoms with Crippen molar-refractivity contribution in [1.29, 1.82) is 0 Å². The van der Waals surface area contributed by atoms with Gasteiger partial charge in [-0.2, -0.15) is 0 Å². The molecule has 1 aromatic heterocycles. The predicted molar refractivity (Wildman–Crippen MR) is 82.0 cm³/mol. The van der Waals surface area contributed by atoms with Crippen LogP contribution in [-0.2, 0) is 0 Å². The van der Waals surface area contributed by atoms with Gasteiger partial charge >= 0.3 is 0 Å². The fourth-order valence-electron chi connectivity index (χ4n) is 2.51. The number of nitrogens with zero attached hydrogens (tertiary/aromatic N) is 4. The molecule has 0 amide bonds. The topological polar surface area (TPSA) is 88.5 Å². The summed E-state index contributed by atoms with van der Waals surface area (Å²) in [5.74, 6) is 0.651. The van der Waals surface area contributed by atoms with Crippen LogP contribution in [0.1, 0.15) is 0 Å². The predicted octanol–water partition coefficient (Wildman–Crippen LogP) is 2.16. The number of likely N-dealkylation sites (N-methyl/N-ethyl adjacent to an activating group) is 1. The highest BCUT2D eigenvalue weighted by molar-refractivity contribution is 5.78. The van der Waals surface area contributed by atoms with E-state index in [9.17, 15) is 10.1 Å². The van der Waals surface area contributed by atoms with E-state index >= 15 is 0 Å². The second-order valence-electron chi connectivity index (χ2n) is 4.93. The van der Waals surface area contributed by atoms with E-state index < -0.39 is 4.92 Å². The van der Waals surface area contributed by atoms with Crippen LogP contribution in [0.3, 0.4) is 0 Å². The Kier molecular flexibility index (Phi) is 3.09. The minimum absolute atomic E-state index is 0.0473. The lowest BCUT2D eigenvalue weighted by Crippen LogP contribution is -2.36. The maximum atomic E-state index is 11.0. The molecule has 0 saturated heterocycles. The molecule has 0 atom stereocenters. The molecule has 7 nitrogen and oxygen atoms in total. The van der Waals surface area contributed by atoms with Crippen LogP contribution < -0.4 is 15.5 Å². The first-order valence-electron chi connectivity index (χ1n) is 6.56. The molecule has 21 heavy (non-hydrogen) atoms. The van der Waals surface area contributed by atoms with E-state index in [1.807, 2.05) is 36.2 Å². The molecule has 0 fully saturated rings. The summed E-state index contributed by atoms with van der Waals surface area (Å²) in [7, 11) is 2.02. The lowest BCUT2D eigenvalue weighted by atomic mass is 10.1. The third-order valence-electron chi connectivity index (χ3n) is 3.55. The van der Waals surface area contributed by atoms with Gasteiger partial charge in [-0.15, -0.1) is 0 Å². The Morgan fingerprint density at radius 1 is 1.24 bits per heavy atom. The van der Waals surface area contributed by atoms with Crippen molar-refractivity contribution in [2.24, 2.45) is 0 Å². The molecule has 1 aromatic carbocycles. The molecule has 2 N–H and O–H groups in total. The number of anilines is 4. The number of nitro groups is 1. The molecular weight excluding hydrogens is 270 g/mol. The van der Waals surface area contributed by atoms with Crippen LogP contribution >= 0.6 is 0 Å². The standard InChI is InChI=1S/C14H15N5O2/c1-17-6-7-18(12-5-3-2-4-11(12)17)14-9-10(19(20)21)8-13(15)16-14/h2-5,8-9H,6-7H2,1H3,(H2,15,16). The summed E-state index contributed by atoms with van der Waals surface area (Å²) < 4.78 is 0. The third-order valence-corrected chi connectivity index (χ3v) is 3.55. The number of nitrogen functional groups attached to an aromatic ring is 1. The van der Waals surface area contributed by atoms with Crippen molar-refractivity contribution >= 4 is 28.7 Å². The fourth-order valence-corrected chi connectivity index (χ4v) is 2.51. The van der Waals surface area contributed by atoms with Gasteiger partial charge < -0.3 is 15.5 Å². The molecule has 0 saturated carbocycles. The van der Waals surface area contributed by atoms with Gasteiger partial charge in [0.1, 0.15) is 11.6 Å². The van der Waals surface area contributed by atoms with Crippen LogP contribution in [-0.4, -0.2) is 30.0 Å². The molecule has 108 valence electrons. The summed E-state index contributed by atoms with van der Waals surface area (Å²) in [6, 6.07) is 10.6. The molecule has 0 bridgehead atoms. The van der Waals surface area contributed by atoms with Crippen molar-refractivity contribution in [1.82, 2.24) is 4.98 Å². The summed E-state index contributed by atoms with van der Waals surface area (Å²) in [4.78, 5) is 18.9. The SMILES string of the molecule is CN1CCN(c2cc([N+](=O)[O-])cc(N)n2)c2ccccc21. The van der Waals surface area contributed by atoms with Gasteiger partial charge in [-0.1, -0.05) is 12.1 Å². The van der Waals surface area contributed by atoms with Crippen molar-refractivity contribution < 1.29 is 4.92 Å². The smallest absolute Gasteiger partial charge is 0.276 e. The highest BCUT2D eigenvalue weighted by atomic mass is 16.6. The van der Waals surface area contributed by atoms with Crippen molar-refractivity contribution in [2.45, 2.75) is 0 Å². The zero-order valence-electron chi connectivity index (χ0n) is 11.6. The van der Waals surface area contributed by atoms with E-state index in [0.717, 1.165) is 17.9 Å². The molecule has 1 aliphatic heterocycles. The molecule has 2 heterocycles. The van der Waals surface area contributed by atoms with Crippen molar-refractivity contribution in [2.75, 3.05) is 35.7 Å². The summed E-state index contributed by atoms with van der Waals surface area (Å²) in [5.41, 5.74) is 7.69. The minimum Gasteiger partial charge on any atom is -0.383 e. The zero-order valence-corrected chi connectivity index (χ0v) is 11.6. The van der Waals surface area contributed by atoms with Gasteiger partial charge in [0, 0.05) is 20.1 Å². The summed E-state index contributed by atoms with van der Waals surface area (Å²) in [5, 5.41) is 11.0. The monoisotopic (exact) mass is 285 g/mol. The first-order valence-corrected chi connectivity index (χ1v) is 6.56. The number of rotatable bonds is 2. The van der Waals surface area contributed by atoms with E-state index in [4.69, 9.17) is 5.73 Å². The van der Waals surface area contributed by atoms with Crippen LogP contribution in [0.4, 0.5) is 28.7 Å². The van der Waals surface area contributed by atoms with Gasteiger partial charge in [0.2, 0.25) is 0 Å². The molecule has 0 unspecified atom stereocenters. The number of aromatic nitrogens is 1. The highest BCUT2D eigenvalue weighted by Gasteiger charge is 2.23. The average Bonchev–Trinajstić information content (AvgIpc) is 2.47. The van der Waals surface area contributed by atoms with Crippen molar-refractivity contribution in [3.63, 3.8) is 0 Å². The number of nitrogens with two attached hydrogens (primary N) is 1. The number of hydrogen-bond donors (Lipinski definition) is 1. The molecular formula is C14H15N5O2. The van der Waals surface area contributed by atoms with E-state index in [0.29, 0.717) is 12.4 Å². The molecule has 3 rings (SSSR count). The molecule has 7 heteroatoms. The Balaban J connectivity index is 2.10. The second kappa shape index (κ2) is 4.93. The van der Waals surface area contributed by atoms with E-state index in [1.54, 1.807) is 0 Å². The van der Waals surface area contributed by atoms with E-state index in [2.05, 4.69) is 9.88 Å². The minimum atomic E-state index is -0.455. The van der Waals surface area contributed by atoms with Gasteiger partial charge in [-0.25, -0.2) is 4.98 Å². The highest BCUT2D eigenvalue weighted by Crippen LogP contribution is 2.37. The normalized spacial score (nSPS) is 14.0. The van der Waals surface area contributed by atoms with E-state index in [1.165, 1.54) is 12.1 Å². The lowest BCUT2D eigenvalue weighted by molar-refractivity contribution is -0.384. The largest absolute Gasteiger partial charge is 0.383 e. The van der Waals surface area contributed by atoms with Crippen LogP contribution in [0, 0.1) is 10.1 Å². The summed E-state index contributed by atoms with van der Waals surface area (Å²) in [6.07, 6.45) is 0. The molecule has 2 aromatic rings. The quantitative estimate of drug-likeness (QED) is 0.672. The Bertz CT molecular complexity index is 704. The zero-order chi connectivity index (χ0) is 15.0. The lowest BCUT2D eigenvalue weighted by Gasteiger charge is -2.36. The van der Waals surface area contributed by atoms with Gasteiger partial charge in [-0.3, -0.25) is 10.1 Å². The number of fused-ring (bicyclic) bond motifs is 1. The van der Waals surface area contributed by atoms with Crippen LogP contribution in [0.5, 0.6) is 0 Å². The third kappa shape index (κ3) is 2.33.